The van der Waals surface area contributed by atoms with Gasteiger partial charge in [0.1, 0.15) is 6.61 Å². The van der Waals surface area contributed by atoms with Crippen molar-refractivity contribution < 1.29 is 28.5 Å². The van der Waals surface area contributed by atoms with E-state index in [9.17, 15) is 24.5 Å². The fraction of sp³-hybridized carbons (Fsp3) is 0.550. The molecule has 1 aliphatic heterocycles. The van der Waals surface area contributed by atoms with Crippen LogP contribution in [0.5, 0.6) is 0 Å². The number of carbonyl (C=O) groups excluding carboxylic acids is 3. The Bertz CT molecular complexity index is 846. The van der Waals surface area contributed by atoms with Crippen LogP contribution < -0.4 is 0 Å². The number of nitrogens with zero attached hydrogens (tertiary/aromatic N) is 2. The van der Waals surface area contributed by atoms with Gasteiger partial charge in [0.25, 0.3) is 5.69 Å². The van der Waals surface area contributed by atoms with Crippen LogP contribution in [0.15, 0.2) is 24.3 Å². The Labute approximate surface area is 176 Å². The first kappa shape index (κ1) is 23.7. The van der Waals surface area contributed by atoms with E-state index in [0.29, 0.717) is 5.56 Å². The highest BCUT2D eigenvalue weighted by Crippen LogP contribution is 2.39. The molecule has 0 N–H and O–H groups in total. The summed E-state index contributed by atoms with van der Waals surface area (Å²) in [4.78, 5) is 47.6. The molecule has 1 heterocycles. The number of nitro groups is 1. The van der Waals surface area contributed by atoms with Gasteiger partial charge < -0.3 is 9.16 Å². The summed E-state index contributed by atoms with van der Waals surface area (Å²) in [6, 6.07) is 5.41. The number of likely N-dealkylation sites (tertiary alicyclic amines) is 1. The molecule has 2 amide bonds. The summed E-state index contributed by atoms with van der Waals surface area (Å²) < 4.78 is 11.2. The molecule has 1 aromatic carbocycles. The van der Waals surface area contributed by atoms with Crippen LogP contribution in [0.3, 0.4) is 0 Å². The van der Waals surface area contributed by atoms with E-state index < -0.39 is 36.9 Å². The van der Waals surface area contributed by atoms with Gasteiger partial charge in [0.15, 0.2) is 8.32 Å². The molecule has 9 nitrogen and oxygen atoms in total. The number of carbonyl (C=O) groups is 3. The minimum atomic E-state index is -2.06. The van der Waals surface area contributed by atoms with Crippen molar-refractivity contribution >= 4 is 31.8 Å². The predicted octanol–water partition coefficient (Wildman–Crippen LogP) is 3.03. The Morgan fingerprint density at radius 2 is 1.83 bits per heavy atom. The van der Waals surface area contributed by atoms with E-state index in [-0.39, 0.29) is 30.0 Å². The predicted molar refractivity (Wildman–Crippen MR) is 111 cm³/mol. The Morgan fingerprint density at radius 1 is 1.27 bits per heavy atom. The number of imide groups is 1. The van der Waals surface area contributed by atoms with Gasteiger partial charge >= 0.3 is 11.9 Å². The van der Waals surface area contributed by atoms with E-state index in [2.05, 4.69) is 33.9 Å². The highest BCUT2D eigenvalue weighted by atomic mass is 28.4. The molecule has 0 aromatic heterocycles. The summed E-state index contributed by atoms with van der Waals surface area (Å²) in [6.45, 7) is 12.2. The number of esters is 1. The summed E-state index contributed by atoms with van der Waals surface area (Å²) >= 11 is 0. The Kier molecular flexibility index (Phi) is 6.82. The zero-order valence-corrected chi connectivity index (χ0v) is 19.1. The molecular weight excluding hydrogens is 408 g/mol. The largest absolute Gasteiger partial charge is 0.454 e. The van der Waals surface area contributed by atoms with E-state index in [1.807, 2.05) is 6.92 Å². The van der Waals surface area contributed by atoms with E-state index in [1.165, 1.54) is 24.3 Å². The molecular formula is C20H28N2O7Si. The first-order valence-electron chi connectivity index (χ1n) is 9.68. The molecule has 1 aromatic rings. The van der Waals surface area contributed by atoms with Crippen LogP contribution in [0.25, 0.3) is 0 Å². The maximum Gasteiger partial charge on any atom is 0.397 e. The molecule has 10 heteroatoms. The van der Waals surface area contributed by atoms with Gasteiger partial charge in [-0.3, -0.25) is 24.6 Å². The third-order valence-electron chi connectivity index (χ3n) is 5.75. The number of rotatable bonds is 6. The van der Waals surface area contributed by atoms with Gasteiger partial charge in [-0.15, -0.1) is 0 Å². The number of amides is 2. The van der Waals surface area contributed by atoms with Crippen LogP contribution in [0.1, 0.15) is 33.3 Å². The molecule has 164 valence electrons. The quantitative estimate of drug-likeness (QED) is 0.168. The summed E-state index contributed by atoms with van der Waals surface area (Å²) in [5, 5.41) is 10.6. The smallest absolute Gasteiger partial charge is 0.397 e. The van der Waals surface area contributed by atoms with Gasteiger partial charge in [-0.05, 0) is 42.8 Å². The number of β-lactam (4-membered cyclic amide) rings is 1. The normalized spacial score (nSPS) is 17.9. The number of hydrogen-bond acceptors (Lipinski definition) is 7. The highest BCUT2D eigenvalue weighted by Gasteiger charge is 2.49. The lowest BCUT2D eigenvalue weighted by Gasteiger charge is -2.44. The first-order valence-corrected chi connectivity index (χ1v) is 12.6. The van der Waals surface area contributed by atoms with Gasteiger partial charge in [0, 0.05) is 18.7 Å². The number of ether oxygens (including phenoxy) is 1. The molecule has 2 rings (SSSR count). The summed E-state index contributed by atoms with van der Waals surface area (Å²) in [5.41, 5.74) is 0.401. The first-order chi connectivity index (χ1) is 13.7. The summed E-state index contributed by atoms with van der Waals surface area (Å²) in [7, 11) is -2.06. The summed E-state index contributed by atoms with van der Waals surface area (Å²) in [5.74, 6) is -3.07. The Morgan fingerprint density at radius 3 is 2.30 bits per heavy atom. The summed E-state index contributed by atoms with van der Waals surface area (Å²) in [6.07, 6.45) is -0.349. The van der Waals surface area contributed by atoms with Gasteiger partial charge in [0.2, 0.25) is 5.91 Å². The van der Waals surface area contributed by atoms with Gasteiger partial charge in [-0.2, -0.15) is 0 Å². The molecule has 0 saturated carbocycles. The Hall–Kier alpha value is -2.59. The van der Waals surface area contributed by atoms with E-state index >= 15 is 0 Å². The lowest BCUT2D eigenvalue weighted by atomic mass is 9.93. The van der Waals surface area contributed by atoms with Crippen molar-refractivity contribution in [2.75, 3.05) is 6.54 Å². The Balaban J connectivity index is 1.87. The minimum Gasteiger partial charge on any atom is -0.454 e. The molecule has 1 aliphatic rings. The fourth-order valence-electron chi connectivity index (χ4n) is 2.74. The average Bonchev–Trinajstić information content (AvgIpc) is 2.63. The van der Waals surface area contributed by atoms with Gasteiger partial charge in [-0.1, -0.05) is 20.8 Å². The number of nitro benzene ring substituents is 1. The number of benzene rings is 1. The molecule has 1 fully saturated rings. The second-order valence-electron chi connectivity index (χ2n) is 8.94. The van der Waals surface area contributed by atoms with Crippen LogP contribution in [-0.4, -0.2) is 48.6 Å². The van der Waals surface area contributed by atoms with Crippen molar-refractivity contribution in [2.24, 2.45) is 5.92 Å². The number of hydrogen-bond donors (Lipinski definition) is 0. The van der Waals surface area contributed by atoms with Crippen LogP contribution in [-0.2, 0) is 30.2 Å². The maximum absolute atomic E-state index is 12.4. The third-order valence-corrected chi connectivity index (χ3v) is 10.3. The molecule has 0 aliphatic carbocycles. The molecule has 1 saturated heterocycles. The lowest BCUT2D eigenvalue weighted by Crippen LogP contribution is -2.62. The monoisotopic (exact) mass is 436 g/mol. The van der Waals surface area contributed by atoms with Gasteiger partial charge in [0.05, 0.1) is 16.9 Å². The van der Waals surface area contributed by atoms with Crippen LogP contribution >= 0.6 is 0 Å². The van der Waals surface area contributed by atoms with E-state index in [0.717, 1.165) is 4.90 Å². The molecule has 30 heavy (non-hydrogen) atoms. The van der Waals surface area contributed by atoms with Crippen LogP contribution in [0.4, 0.5) is 5.69 Å². The molecule has 0 spiro atoms. The highest BCUT2D eigenvalue weighted by molar-refractivity contribution is 6.74. The zero-order chi connectivity index (χ0) is 22.9. The molecule has 1 unspecified atom stereocenters. The van der Waals surface area contributed by atoms with Crippen molar-refractivity contribution in [1.82, 2.24) is 4.90 Å². The van der Waals surface area contributed by atoms with Crippen LogP contribution in [0.2, 0.25) is 18.1 Å². The third kappa shape index (κ3) is 5.11. The molecule has 0 bridgehead atoms. The van der Waals surface area contributed by atoms with Gasteiger partial charge in [-0.25, -0.2) is 4.79 Å². The topological polar surface area (TPSA) is 116 Å². The standard InChI is InChI=1S/C20H28N2O7Si/c1-13(29-30(5,6)20(2,3)4)16-11-21(17(16)23)18(24)19(25)28-12-14-7-9-15(10-8-14)22(26)27/h7-10,13,16H,11-12H2,1-6H3/t13-,16?/m1/s1. The molecule has 0 radical (unpaired) electrons. The fourth-order valence-corrected chi connectivity index (χ4v) is 4.19. The van der Waals surface area contributed by atoms with Crippen molar-refractivity contribution in [1.29, 1.82) is 0 Å². The zero-order valence-electron chi connectivity index (χ0n) is 18.1. The maximum atomic E-state index is 12.4. The van der Waals surface area contributed by atoms with Crippen molar-refractivity contribution in [2.45, 2.75) is 58.5 Å². The second kappa shape index (κ2) is 8.64. The van der Waals surface area contributed by atoms with E-state index in [1.54, 1.807) is 0 Å². The van der Waals surface area contributed by atoms with Crippen molar-refractivity contribution in [3.63, 3.8) is 0 Å². The van der Waals surface area contributed by atoms with Crippen molar-refractivity contribution in [3.05, 3.63) is 39.9 Å². The SMILES string of the molecule is C[C@@H](O[Si](C)(C)C(C)(C)C)C1CN(C(=O)C(=O)OCc2ccc([N+](=O)[O-])cc2)C1=O. The van der Waals surface area contributed by atoms with Crippen molar-refractivity contribution in [3.8, 4) is 0 Å². The minimum absolute atomic E-state index is 0.00870. The second-order valence-corrected chi connectivity index (χ2v) is 13.7. The average molecular weight is 437 g/mol. The lowest BCUT2D eigenvalue weighted by molar-refractivity contribution is -0.384. The molecule has 2 atom stereocenters. The number of non-ortho nitro benzene ring substituents is 1. The van der Waals surface area contributed by atoms with Crippen LogP contribution in [0, 0.1) is 16.0 Å². The van der Waals surface area contributed by atoms with E-state index in [4.69, 9.17) is 9.16 Å².